The zero-order valence-corrected chi connectivity index (χ0v) is 21.2. The lowest BCUT2D eigenvalue weighted by molar-refractivity contribution is -0.165. The Kier molecular flexibility index (Phi) is 7.91. The first-order chi connectivity index (χ1) is 15.9. The Morgan fingerprint density at radius 3 is 2.50 bits per heavy atom. The van der Waals surface area contributed by atoms with Gasteiger partial charge in [0.15, 0.2) is 0 Å². The van der Waals surface area contributed by atoms with Crippen molar-refractivity contribution < 1.29 is 29.3 Å². The number of carboxylic acids is 1. The molecule has 4 rings (SSSR count). The molecule has 3 fully saturated rings. The number of carboxylic acid groups (broad SMARTS) is 1. The van der Waals surface area contributed by atoms with E-state index in [-0.39, 0.29) is 34.4 Å². The summed E-state index contributed by atoms with van der Waals surface area (Å²) in [7, 11) is 0. The van der Waals surface area contributed by atoms with Crippen molar-refractivity contribution in [1.29, 1.82) is 0 Å². The predicted octanol–water partition coefficient (Wildman–Crippen LogP) is 5.22. The lowest BCUT2D eigenvalue weighted by Gasteiger charge is -2.60. The first-order valence-corrected chi connectivity index (χ1v) is 12.7. The fraction of sp³-hybridized carbons (Fsp3) is 0.679. The monoisotopic (exact) mass is 472 g/mol. The van der Waals surface area contributed by atoms with Crippen molar-refractivity contribution in [1.82, 2.24) is 0 Å². The summed E-state index contributed by atoms with van der Waals surface area (Å²) in [6.45, 7) is 10.6. The normalized spacial score (nSPS) is 30.4. The maximum absolute atomic E-state index is 12.8. The van der Waals surface area contributed by atoms with Gasteiger partial charge in [-0.1, -0.05) is 66.4 Å². The van der Waals surface area contributed by atoms with Gasteiger partial charge in [-0.3, -0.25) is 4.79 Å². The van der Waals surface area contributed by atoms with E-state index >= 15 is 0 Å². The summed E-state index contributed by atoms with van der Waals surface area (Å²) in [5.74, 6) is -1.80. The molecule has 5 atom stereocenters. The Balaban J connectivity index is 1.90. The molecule has 0 heterocycles. The second-order valence-electron chi connectivity index (χ2n) is 11.5. The smallest absolute Gasteiger partial charge is 0.336 e. The van der Waals surface area contributed by atoms with Gasteiger partial charge >= 0.3 is 11.9 Å². The van der Waals surface area contributed by atoms with Gasteiger partial charge in [-0.25, -0.2) is 9.59 Å². The number of ether oxygens (including phenoxy) is 1. The van der Waals surface area contributed by atoms with Gasteiger partial charge in [0.2, 0.25) is 0 Å². The van der Waals surface area contributed by atoms with Crippen LogP contribution in [0.1, 0.15) is 79.6 Å². The van der Waals surface area contributed by atoms with Gasteiger partial charge in [-0.05, 0) is 47.2 Å². The number of hydrogen-bond acceptors (Lipinski definition) is 5. The van der Waals surface area contributed by atoms with Gasteiger partial charge in [-0.15, -0.1) is 0 Å². The van der Waals surface area contributed by atoms with E-state index < -0.39 is 24.0 Å². The van der Waals surface area contributed by atoms with Crippen molar-refractivity contribution in [3.05, 3.63) is 35.6 Å². The van der Waals surface area contributed by atoms with Gasteiger partial charge in [0, 0.05) is 24.5 Å². The Bertz CT molecular complexity index is 906. The summed E-state index contributed by atoms with van der Waals surface area (Å²) < 4.78 is 5.68. The van der Waals surface area contributed by atoms with Crippen LogP contribution in [0.3, 0.4) is 0 Å². The fourth-order valence-electron chi connectivity index (χ4n) is 6.29. The van der Waals surface area contributed by atoms with Gasteiger partial charge in [-0.2, -0.15) is 0 Å². The van der Waals surface area contributed by atoms with Crippen LogP contribution >= 0.6 is 0 Å². The molecule has 188 valence electrons. The van der Waals surface area contributed by atoms with Crippen molar-refractivity contribution in [2.24, 2.45) is 34.5 Å². The highest BCUT2D eigenvalue weighted by molar-refractivity contribution is 5.91. The minimum Gasteiger partial charge on any atom is -0.478 e. The highest BCUT2D eigenvalue weighted by Gasteiger charge is 2.61. The van der Waals surface area contributed by atoms with Crippen LogP contribution in [0.25, 0.3) is 0 Å². The number of aliphatic hydroxyl groups is 1. The van der Waals surface area contributed by atoms with Crippen LogP contribution in [-0.4, -0.2) is 34.0 Å². The van der Waals surface area contributed by atoms with Crippen LogP contribution in [0.4, 0.5) is 0 Å². The van der Waals surface area contributed by atoms with Crippen LogP contribution in [0.5, 0.6) is 0 Å². The molecule has 0 aromatic carbocycles. The van der Waals surface area contributed by atoms with Crippen LogP contribution < -0.4 is 0 Å². The highest BCUT2D eigenvalue weighted by atomic mass is 16.5. The third-order valence-electron chi connectivity index (χ3n) is 8.51. The summed E-state index contributed by atoms with van der Waals surface area (Å²) in [5, 5.41) is 20.2. The zero-order valence-electron chi connectivity index (χ0n) is 21.2. The molecule has 0 aromatic rings. The number of rotatable bonds is 10. The Morgan fingerprint density at radius 2 is 1.91 bits per heavy atom. The molecule has 4 aliphatic carbocycles. The predicted molar refractivity (Wildman–Crippen MR) is 130 cm³/mol. The molecule has 4 aliphatic rings. The molecule has 0 saturated heterocycles. The van der Waals surface area contributed by atoms with E-state index in [0.29, 0.717) is 12.2 Å². The largest absolute Gasteiger partial charge is 0.478 e. The van der Waals surface area contributed by atoms with E-state index in [0.717, 1.165) is 49.8 Å². The van der Waals surface area contributed by atoms with Gasteiger partial charge < -0.3 is 14.9 Å². The minimum atomic E-state index is -1.24. The van der Waals surface area contributed by atoms with Crippen LogP contribution in [0.15, 0.2) is 35.6 Å². The van der Waals surface area contributed by atoms with E-state index in [4.69, 9.17) is 9.84 Å². The van der Waals surface area contributed by atoms with Gasteiger partial charge in [0.05, 0.1) is 12.0 Å². The maximum atomic E-state index is 12.8. The molecule has 0 amide bonds. The first-order valence-electron chi connectivity index (χ1n) is 12.7. The quantitative estimate of drug-likeness (QED) is 0.257. The minimum absolute atomic E-state index is 0.0659. The molecule has 0 spiro atoms. The molecule has 6 nitrogen and oxygen atoms in total. The number of aliphatic carboxylic acids is 1. The van der Waals surface area contributed by atoms with Gasteiger partial charge in [0.1, 0.15) is 11.5 Å². The van der Waals surface area contributed by atoms with E-state index in [1.165, 1.54) is 6.42 Å². The molecule has 2 bridgehead atoms. The first kappa shape index (κ1) is 26.4. The summed E-state index contributed by atoms with van der Waals surface area (Å²) in [4.78, 5) is 36.1. The number of unbranched alkanes of at least 4 members (excludes halogenated alkanes) is 3. The number of Topliss-reactive ketones (excluding diaryl/α,β-unsaturated/α-hetero) is 1. The van der Waals surface area contributed by atoms with E-state index in [1.54, 1.807) is 0 Å². The zero-order chi connectivity index (χ0) is 25.3. The second-order valence-corrected chi connectivity index (χ2v) is 11.5. The molecule has 0 aliphatic heterocycles. The van der Waals surface area contributed by atoms with Crippen molar-refractivity contribution in [2.75, 3.05) is 0 Å². The Morgan fingerprint density at radius 1 is 1.21 bits per heavy atom. The molecule has 2 unspecified atom stereocenters. The van der Waals surface area contributed by atoms with E-state index in [2.05, 4.69) is 34.6 Å². The van der Waals surface area contributed by atoms with Crippen LogP contribution in [0.2, 0.25) is 0 Å². The molecule has 0 aromatic heterocycles. The van der Waals surface area contributed by atoms with Crippen molar-refractivity contribution in [2.45, 2.75) is 85.7 Å². The SMILES string of the molecule is CCCCCCC(C)(C)C1=CC(O)[C@H](C2CC(=O)[C@H]3C[C@@H]2C3(C)C)C(OC(=O)/C=C/C(=O)O)=C1. The number of allylic oxidation sites excluding steroid dienone is 2. The molecule has 3 saturated carbocycles. The highest BCUT2D eigenvalue weighted by Crippen LogP contribution is 2.62. The number of aliphatic hydroxyl groups excluding tert-OH is 1. The molecule has 0 radical (unpaired) electrons. The summed E-state index contributed by atoms with van der Waals surface area (Å²) >= 11 is 0. The number of hydrogen-bond donors (Lipinski definition) is 2. The van der Waals surface area contributed by atoms with Crippen LogP contribution in [0, 0.1) is 34.5 Å². The third-order valence-corrected chi connectivity index (χ3v) is 8.51. The van der Waals surface area contributed by atoms with Crippen molar-refractivity contribution in [3.8, 4) is 0 Å². The summed E-state index contributed by atoms with van der Waals surface area (Å²) in [6, 6.07) is 0. The lowest BCUT2D eigenvalue weighted by Crippen LogP contribution is -2.59. The number of carbonyl (C=O) groups is 3. The van der Waals surface area contributed by atoms with Crippen molar-refractivity contribution in [3.63, 3.8) is 0 Å². The van der Waals surface area contributed by atoms with E-state index in [9.17, 15) is 19.5 Å². The average molecular weight is 473 g/mol. The number of carbonyl (C=O) groups excluding carboxylic acids is 2. The number of esters is 1. The number of ketones is 1. The van der Waals surface area contributed by atoms with Gasteiger partial charge in [0.25, 0.3) is 0 Å². The Labute approximate surface area is 203 Å². The molecular weight excluding hydrogens is 432 g/mol. The van der Waals surface area contributed by atoms with Crippen molar-refractivity contribution >= 4 is 17.7 Å². The lowest BCUT2D eigenvalue weighted by atomic mass is 9.43. The van der Waals surface area contributed by atoms with E-state index in [1.807, 2.05) is 12.2 Å². The summed E-state index contributed by atoms with van der Waals surface area (Å²) in [5.41, 5.74) is 0.545. The standard InChI is InChI=1S/C28H40O6/c1-6-7-8-9-12-27(2,3)17-13-22(30)26(23(14-17)34-25(33)11-10-24(31)32)18-15-21(29)20-16-19(18)28(20,4)5/h10-11,13-14,18-20,22,26,30H,6-9,12,15-16H2,1-5H3,(H,31,32)/b11-10+/t18?,19-,20+,22?,26-/m0/s1. The topological polar surface area (TPSA) is 101 Å². The summed E-state index contributed by atoms with van der Waals surface area (Å²) in [6.07, 6.45) is 11.1. The fourth-order valence-corrected chi connectivity index (χ4v) is 6.29. The Hall–Kier alpha value is -2.21. The second kappa shape index (κ2) is 10.2. The molecule has 2 N–H and O–H groups in total. The maximum Gasteiger partial charge on any atom is 0.336 e. The molecule has 34 heavy (non-hydrogen) atoms. The average Bonchev–Trinajstić information content (AvgIpc) is 2.74. The third kappa shape index (κ3) is 5.37. The molecular formula is C28H40O6. The number of fused-ring (bicyclic) bond motifs is 2. The molecule has 6 heteroatoms. The van der Waals surface area contributed by atoms with Crippen LogP contribution in [-0.2, 0) is 19.1 Å².